The molecule has 1 aliphatic rings. The molecule has 6 nitrogen and oxygen atoms in total. The van der Waals surface area contributed by atoms with Crippen LogP contribution in [0, 0.1) is 0 Å². The van der Waals surface area contributed by atoms with Crippen LogP contribution in [0.1, 0.15) is 23.9 Å². The smallest absolute Gasteiger partial charge is 0.278 e. The molecular weight excluding hydrogens is 352 g/mol. The first-order valence-electron chi connectivity index (χ1n) is 9.80. The molecule has 0 bridgehead atoms. The standard InChI is InChI=1S/C22H24N4O2/c1-2-25(14-20-23-19-10-6-5-9-18(19)22(28)24-20)15-21(27)26-12-11-16-7-3-4-8-17(16)13-26/h3-10H,2,11-15H2,1H3,(H,23,24,28)/p+1. The number of hydrogen-bond acceptors (Lipinski definition) is 3. The molecule has 2 aromatic carbocycles. The minimum atomic E-state index is -0.130. The predicted molar refractivity (Wildman–Crippen MR) is 108 cm³/mol. The molecule has 0 fully saturated rings. The zero-order chi connectivity index (χ0) is 19.5. The first-order chi connectivity index (χ1) is 13.6. The molecule has 2 heterocycles. The molecule has 2 N–H and O–H groups in total. The van der Waals surface area contributed by atoms with Crippen LogP contribution < -0.4 is 10.5 Å². The zero-order valence-corrected chi connectivity index (χ0v) is 16.1. The summed E-state index contributed by atoms with van der Waals surface area (Å²) in [6.07, 6.45) is 0.906. The molecule has 0 saturated heterocycles. The molecule has 0 radical (unpaired) electrons. The molecule has 0 aliphatic carbocycles. The first kappa shape index (κ1) is 18.4. The topological polar surface area (TPSA) is 70.5 Å². The number of benzene rings is 2. The van der Waals surface area contributed by atoms with Crippen molar-refractivity contribution in [2.75, 3.05) is 19.6 Å². The van der Waals surface area contributed by atoms with E-state index in [2.05, 4.69) is 28.2 Å². The summed E-state index contributed by atoms with van der Waals surface area (Å²) < 4.78 is 0. The van der Waals surface area contributed by atoms with E-state index in [0.717, 1.165) is 24.4 Å². The summed E-state index contributed by atoms with van der Waals surface area (Å²) in [5.74, 6) is 0.770. The van der Waals surface area contributed by atoms with E-state index < -0.39 is 0 Å². The maximum absolute atomic E-state index is 12.9. The summed E-state index contributed by atoms with van der Waals surface area (Å²) in [5, 5.41) is 0.590. The molecule has 1 amide bonds. The van der Waals surface area contributed by atoms with Gasteiger partial charge in [0.15, 0.2) is 12.4 Å². The Morgan fingerprint density at radius 1 is 1.14 bits per heavy atom. The molecule has 144 valence electrons. The maximum atomic E-state index is 12.9. The number of nitrogens with one attached hydrogen (secondary N) is 2. The Morgan fingerprint density at radius 3 is 2.71 bits per heavy atom. The molecule has 1 aromatic heterocycles. The number of rotatable bonds is 5. The highest BCUT2D eigenvalue weighted by Crippen LogP contribution is 2.18. The van der Waals surface area contributed by atoms with Gasteiger partial charge >= 0.3 is 0 Å². The number of aromatic nitrogens is 2. The van der Waals surface area contributed by atoms with Crippen molar-refractivity contribution < 1.29 is 9.69 Å². The molecule has 28 heavy (non-hydrogen) atoms. The highest BCUT2D eigenvalue weighted by atomic mass is 16.2. The number of H-pyrrole nitrogens is 1. The van der Waals surface area contributed by atoms with E-state index in [0.29, 0.717) is 36.4 Å². The fourth-order valence-corrected chi connectivity index (χ4v) is 3.80. The average molecular weight is 377 g/mol. The predicted octanol–water partition coefficient (Wildman–Crippen LogP) is 0.913. The van der Waals surface area contributed by atoms with Crippen molar-refractivity contribution >= 4 is 16.8 Å². The lowest BCUT2D eigenvalue weighted by atomic mass is 10.00. The van der Waals surface area contributed by atoms with Crippen LogP contribution in [0.15, 0.2) is 53.3 Å². The number of carbonyl (C=O) groups excluding carboxylic acids is 1. The van der Waals surface area contributed by atoms with Gasteiger partial charge in [-0.25, -0.2) is 4.98 Å². The van der Waals surface area contributed by atoms with E-state index in [1.807, 2.05) is 36.1 Å². The van der Waals surface area contributed by atoms with Crippen LogP contribution in [-0.4, -0.2) is 40.4 Å². The second-order valence-electron chi connectivity index (χ2n) is 7.32. The number of hydrogen-bond donors (Lipinski definition) is 2. The lowest BCUT2D eigenvalue weighted by Gasteiger charge is -2.29. The van der Waals surface area contributed by atoms with Gasteiger partial charge in [0.2, 0.25) is 0 Å². The van der Waals surface area contributed by atoms with Gasteiger partial charge < -0.3 is 14.8 Å². The molecular formula is C22H25N4O2+. The molecule has 4 rings (SSSR count). The van der Waals surface area contributed by atoms with E-state index in [9.17, 15) is 9.59 Å². The molecule has 1 unspecified atom stereocenters. The van der Waals surface area contributed by atoms with Crippen LogP contribution in [0.3, 0.4) is 0 Å². The molecule has 0 saturated carbocycles. The molecule has 1 aliphatic heterocycles. The third-order valence-electron chi connectivity index (χ3n) is 5.46. The third-order valence-corrected chi connectivity index (χ3v) is 5.46. The Balaban J connectivity index is 1.45. The highest BCUT2D eigenvalue weighted by molar-refractivity contribution is 5.78. The highest BCUT2D eigenvalue weighted by Gasteiger charge is 2.24. The minimum Gasteiger partial charge on any atom is -0.333 e. The number of aromatic amines is 1. The maximum Gasteiger partial charge on any atom is 0.278 e. The molecule has 3 aromatic rings. The van der Waals surface area contributed by atoms with Crippen LogP contribution in [0.4, 0.5) is 0 Å². The Morgan fingerprint density at radius 2 is 1.89 bits per heavy atom. The van der Waals surface area contributed by atoms with Gasteiger partial charge in [-0.05, 0) is 36.6 Å². The van der Waals surface area contributed by atoms with E-state index >= 15 is 0 Å². The second kappa shape index (κ2) is 7.94. The Hall–Kier alpha value is -2.99. The van der Waals surface area contributed by atoms with E-state index in [1.54, 1.807) is 6.07 Å². The molecule has 1 atom stereocenters. The van der Waals surface area contributed by atoms with Crippen molar-refractivity contribution in [2.24, 2.45) is 0 Å². The normalized spacial score (nSPS) is 14.7. The fraction of sp³-hybridized carbons (Fsp3) is 0.318. The lowest BCUT2D eigenvalue weighted by molar-refractivity contribution is -0.905. The Kier molecular flexibility index (Phi) is 5.21. The summed E-state index contributed by atoms with van der Waals surface area (Å²) in [6.45, 7) is 5.19. The van der Waals surface area contributed by atoms with Crippen molar-refractivity contribution in [3.63, 3.8) is 0 Å². The van der Waals surface area contributed by atoms with Gasteiger partial charge in [0.1, 0.15) is 6.54 Å². The van der Waals surface area contributed by atoms with Crippen molar-refractivity contribution in [3.05, 3.63) is 75.8 Å². The summed E-state index contributed by atoms with van der Waals surface area (Å²) >= 11 is 0. The van der Waals surface area contributed by atoms with Crippen LogP contribution in [0.25, 0.3) is 10.9 Å². The quantitative estimate of drug-likeness (QED) is 0.695. The SMILES string of the molecule is CC[NH+](CC(=O)N1CCc2ccccc2C1)Cc1nc2ccccc2c(=O)[nH]1. The van der Waals surface area contributed by atoms with Gasteiger partial charge in [0, 0.05) is 13.1 Å². The van der Waals surface area contributed by atoms with Crippen LogP contribution in [0.2, 0.25) is 0 Å². The molecule has 0 spiro atoms. The molecule has 6 heteroatoms. The number of likely N-dealkylation sites (N-methyl/N-ethyl adjacent to an activating group) is 1. The van der Waals surface area contributed by atoms with Gasteiger partial charge in [-0.2, -0.15) is 0 Å². The van der Waals surface area contributed by atoms with Crippen molar-refractivity contribution in [3.8, 4) is 0 Å². The number of para-hydroxylation sites is 1. The third kappa shape index (κ3) is 3.82. The number of quaternary nitrogens is 1. The number of fused-ring (bicyclic) bond motifs is 2. The minimum absolute atomic E-state index is 0.130. The van der Waals surface area contributed by atoms with Crippen molar-refractivity contribution in [2.45, 2.75) is 26.4 Å². The Labute approximate surface area is 163 Å². The van der Waals surface area contributed by atoms with Gasteiger partial charge in [-0.15, -0.1) is 0 Å². The number of nitrogens with zero attached hydrogens (tertiary/aromatic N) is 2. The Bertz CT molecular complexity index is 1060. The van der Waals surface area contributed by atoms with Crippen LogP contribution in [0.5, 0.6) is 0 Å². The van der Waals surface area contributed by atoms with Gasteiger partial charge in [0.25, 0.3) is 11.5 Å². The number of carbonyl (C=O) groups is 1. The van der Waals surface area contributed by atoms with Gasteiger partial charge in [-0.1, -0.05) is 36.4 Å². The largest absolute Gasteiger partial charge is 0.333 e. The van der Waals surface area contributed by atoms with Crippen LogP contribution >= 0.6 is 0 Å². The fourth-order valence-electron chi connectivity index (χ4n) is 3.80. The first-order valence-corrected chi connectivity index (χ1v) is 9.80. The summed E-state index contributed by atoms with van der Waals surface area (Å²) in [5.41, 5.74) is 3.13. The number of amides is 1. The summed E-state index contributed by atoms with van der Waals surface area (Å²) in [4.78, 5) is 35.6. The van der Waals surface area contributed by atoms with Crippen LogP contribution in [-0.2, 0) is 24.3 Å². The second-order valence-corrected chi connectivity index (χ2v) is 7.32. The van der Waals surface area contributed by atoms with E-state index in [-0.39, 0.29) is 11.5 Å². The van der Waals surface area contributed by atoms with Crippen molar-refractivity contribution in [1.29, 1.82) is 0 Å². The monoisotopic (exact) mass is 377 g/mol. The van der Waals surface area contributed by atoms with E-state index in [4.69, 9.17) is 0 Å². The lowest BCUT2D eigenvalue weighted by Crippen LogP contribution is -3.11. The summed E-state index contributed by atoms with van der Waals surface area (Å²) in [7, 11) is 0. The van der Waals surface area contributed by atoms with E-state index in [1.165, 1.54) is 11.1 Å². The van der Waals surface area contributed by atoms with Crippen molar-refractivity contribution in [1.82, 2.24) is 14.9 Å². The average Bonchev–Trinajstić information content (AvgIpc) is 2.73. The summed E-state index contributed by atoms with van der Waals surface area (Å²) in [6, 6.07) is 15.6. The zero-order valence-electron chi connectivity index (χ0n) is 16.1. The van der Waals surface area contributed by atoms with Gasteiger partial charge in [0.05, 0.1) is 17.4 Å². The van der Waals surface area contributed by atoms with Gasteiger partial charge in [-0.3, -0.25) is 9.59 Å².